The Bertz CT molecular complexity index is 628. The van der Waals surface area contributed by atoms with Crippen LogP contribution in [0.1, 0.15) is 10.4 Å². The predicted octanol–water partition coefficient (Wildman–Crippen LogP) is 2.85. The fourth-order valence-corrected chi connectivity index (χ4v) is 2.03. The lowest BCUT2D eigenvalue weighted by molar-refractivity contribution is -0.385. The number of hydrogen-bond donors (Lipinski definition) is 1. The summed E-state index contributed by atoms with van der Waals surface area (Å²) in [7, 11) is 0. The van der Waals surface area contributed by atoms with Crippen LogP contribution in [0.25, 0.3) is 0 Å². The maximum absolute atomic E-state index is 12.0. The molecule has 7 heteroatoms. The first-order chi connectivity index (χ1) is 9.08. The topological polar surface area (TPSA) is 85.1 Å². The van der Waals surface area contributed by atoms with Gasteiger partial charge in [0.25, 0.3) is 11.6 Å². The summed E-state index contributed by atoms with van der Waals surface area (Å²) >= 11 is 2.06. The number of pyridine rings is 1. The second-order valence-electron chi connectivity index (χ2n) is 3.59. The summed E-state index contributed by atoms with van der Waals surface area (Å²) in [5, 5.41) is 13.1. The lowest BCUT2D eigenvalue weighted by atomic mass is 10.2. The van der Waals surface area contributed by atoms with E-state index in [4.69, 9.17) is 0 Å². The molecule has 0 saturated heterocycles. The van der Waals surface area contributed by atoms with Crippen molar-refractivity contribution >= 4 is 40.0 Å². The Labute approximate surface area is 122 Å². The van der Waals surface area contributed by atoms with E-state index in [2.05, 4.69) is 32.9 Å². The van der Waals surface area contributed by atoms with Crippen molar-refractivity contribution in [3.05, 3.63) is 61.8 Å². The summed E-state index contributed by atoms with van der Waals surface area (Å²) in [5.74, 6) is -0.0263. The number of anilines is 1. The van der Waals surface area contributed by atoms with Gasteiger partial charge in [-0.05, 0) is 40.8 Å². The lowest BCUT2D eigenvalue weighted by Crippen LogP contribution is -2.14. The number of aromatic nitrogens is 1. The van der Waals surface area contributed by atoms with Gasteiger partial charge in [-0.2, -0.15) is 0 Å². The van der Waals surface area contributed by atoms with Crippen molar-refractivity contribution in [3.63, 3.8) is 0 Å². The van der Waals surface area contributed by atoms with Gasteiger partial charge >= 0.3 is 0 Å². The van der Waals surface area contributed by atoms with E-state index in [1.165, 1.54) is 12.1 Å². The molecule has 19 heavy (non-hydrogen) atoms. The standard InChI is InChI=1S/C12H8IN3O3/c13-10-4-2-1-3-9(10)12(17)15-11-6-5-8(7-14-11)16(18)19/h1-7H,(H,14,15,17). The minimum absolute atomic E-state index is 0.118. The minimum atomic E-state index is -0.543. The van der Waals surface area contributed by atoms with Crippen molar-refractivity contribution in [2.75, 3.05) is 5.32 Å². The Kier molecular flexibility index (Phi) is 4.05. The Morgan fingerprint density at radius 3 is 2.58 bits per heavy atom. The van der Waals surface area contributed by atoms with Gasteiger partial charge in [0, 0.05) is 9.64 Å². The maximum atomic E-state index is 12.0. The van der Waals surface area contributed by atoms with Crippen LogP contribution >= 0.6 is 22.6 Å². The maximum Gasteiger partial charge on any atom is 0.287 e. The largest absolute Gasteiger partial charge is 0.307 e. The molecule has 1 heterocycles. The van der Waals surface area contributed by atoms with Crippen molar-refractivity contribution in [2.24, 2.45) is 0 Å². The highest BCUT2D eigenvalue weighted by atomic mass is 127. The number of rotatable bonds is 3. The van der Waals surface area contributed by atoms with Gasteiger partial charge in [0.05, 0.1) is 10.5 Å². The SMILES string of the molecule is O=C(Nc1ccc([N+](=O)[O-])cn1)c1ccccc1I. The first-order valence-corrected chi connectivity index (χ1v) is 6.32. The molecule has 0 spiro atoms. The highest BCUT2D eigenvalue weighted by molar-refractivity contribution is 14.1. The monoisotopic (exact) mass is 369 g/mol. The molecule has 0 saturated carbocycles. The zero-order valence-corrected chi connectivity index (χ0v) is 11.7. The molecule has 1 aromatic carbocycles. The van der Waals surface area contributed by atoms with Gasteiger partial charge in [-0.25, -0.2) is 4.98 Å². The summed E-state index contributed by atoms with van der Waals surface area (Å²) in [6.07, 6.45) is 1.10. The van der Waals surface area contributed by atoms with Crippen LogP contribution in [0.3, 0.4) is 0 Å². The predicted molar refractivity (Wildman–Crippen MR) is 78.0 cm³/mol. The van der Waals surface area contributed by atoms with E-state index in [1.54, 1.807) is 12.1 Å². The number of hydrogen-bond acceptors (Lipinski definition) is 4. The van der Waals surface area contributed by atoms with E-state index >= 15 is 0 Å². The molecule has 0 fully saturated rings. The first-order valence-electron chi connectivity index (χ1n) is 5.24. The van der Waals surface area contributed by atoms with Crippen LogP contribution in [0.2, 0.25) is 0 Å². The van der Waals surface area contributed by atoms with Gasteiger partial charge in [0.1, 0.15) is 12.0 Å². The molecule has 2 aromatic rings. The molecule has 0 aliphatic rings. The summed E-state index contributed by atoms with van der Waals surface area (Å²) < 4.78 is 0.819. The van der Waals surface area contributed by atoms with Crippen molar-refractivity contribution < 1.29 is 9.72 Å². The van der Waals surface area contributed by atoms with Crippen LogP contribution in [0, 0.1) is 13.7 Å². The summed E-state index contributed by atoms with van der Waals surface area (Å²) in [5.41, 5.74) is 0.413. The molecule has 0 radical (unpaired) electrons. The number of carbonyl (C=O) groups excluding carboxylic acids is 1. The third-order valence-electron chi connectivity index (χ3n) is 2.32. The Balaban J connectivity index is 2.15. The second-order valence-corrected chi connectivity index (χ2v) is 4.75. The zero-order valence-electron chi connectivity index (χ0n) is 9.54. The molecule has 2 rings (SSSR count). The molecule has 1 amide bonds. The van der Waals surface area contributed by atoms with Gasteiger partial charge < -0.3 is 5.32 Å². The summed E-state index contributed by atoms with van der Waals surface area (Å²) in [4.78, 5) is 25.7. The molecular weight excluding hydrogens is 361 g/mol. The normalized spacial score (nSPS) is 9.95. The zero-order chi connectivity index (χ0) is 13.8. The van der Waals surface area contributed by atoms with Crippen LogP contribution in [0.15, 0.2) is 42.6 Å². The summed E-state index contributed by atoms with van der Waals surface area (Å²) in [6, 6.07) is 9.80. The van der Waals surface area contributed by atoms with Crippen molar-refractivity contribution in [3.8, 4) is 0 Å². The molecule has 0 atom stereocenters. The van der Waals surface area contributed by atoms with Crippen LogP contribution in [0.5, 0.6) is 0 Å². The minimum Gasteiger partial charge on any atom is -0.307 e. The number of nitrogens with zero attached hydrogens (tertiary/aromatic N) is 2. The lowest BCUT2D eigenvalue weighted by Gasteiger charge is -2.05. The Hall–Kier alpha value is -2.03. The number of benzene rings is 1. The average molecular weight is 369 g/mol. The number of carbonyl (C=O) groups is 1. The van der Waals surface area contributed by atoms with Crippen LogP contribution in [-0.2, 0) is 0 Å². The Morgan fingerprint density at radius 1 is 1.26 bits per heavy atom. The fraction of sp³-hybridized carbons (Fsp3) is 0. The van der Waals surface area contributed by atoms with Crippen LogP contribution < -0.4 is 5.32 Å². The van der Waals surface area contributed by atoms with Crippen molar-refractivity contribution in [2.45, 2.75) is 0 Å². The Morgan fingerprint density at radius 2 is 2.00 bits per heavy atom. The van der Waals surface area contributed by atoms with Crippen molar-refractivity contribution in [1.29, 1.82) is 0 Å². The fourth-order valence-electron chi connectivity index (χ4n) is 1.40. The van der Waals surface area contributed by atoms with E-state index in [9.17, 15) is 14.9 Å². The van der Waals surface area contributed by atoms with Gasteiger partial charge in [-0.3, -0.25) is 14.9 Å². The number of nitro groups is 1. The smallest absolute Gasteiger partial charge is 0.287 e. The number of halogens is 1. The highest BCUT2D eigenvalue weighted by Crippen LogP contribution is 2.15. The molecule has 0 bridgehead atoms. The van der Waals surface area contributed by atoms with Crippen molar-refractivity contribution in [1.82, 2.24) is 4.98 Å². The van der Waals surface area contributed by atoms with Crippen LogP contribution in [0.4, 0.5) is 11.5 Å². The van der Waals surface area contributed by atoms with E-state index in [0.717, 1.165) is 9.77 Å². The molecule has 1 aromatic heterocycles. The molecule has 0 aliphatic carbocycles. The quantitative estimate of drug-likeness (QED) is 0.512. The van der Waals surface area contributed by atoms with E-state index in [0.29, 0.717) is 5.56 Å². The third-order valence-corrected chi connectivity index (χ3v) is 3.26. The van der Waals surface area contributed by atoms with Gasteiger partial charge in [-0.15, -0.1) is 0 Å². The molecule has 1 N–H and O–H groups in total. The molecule has 96 valence electrons. The second kappa shape index (κ2) is 5.74. The molecule has 6 nitrogen and oxygen atoms in total. The number of amides is 1. The molecular formula is C12H8IN3O3. The van der Waals surface area contributed by atoms with Crippen LogP contribution in [-0.4, -0.2) is 15.8 Å². The van der Waals surface area contributed by atoms with E-state index in [1.807, 2.05) is 12.1 Å². The van der Waals surface area contributed by atoms with E-state index in [-0.39, 0.29) is 17.4 Å². The highest BCUT2D eigenvalue weighted by Gasteiger charge is 2.11. The molecule has 0 aliphatic heterocycles. The third kappa shape index (κ3) is 3.25. The summed E-state index contributed by atoms with van der Waals surface area (Å²) in [6.45, 7) is 0. The van der Waals surface area contributed by atoms with Gasteiger partial charge in [-0.1, -0.05) is 12.1 Å². The van der Waals surface area contributed by atoms with E-state index < -0.39 is 4.92 Å². The average Bonchev–Trinajstić information content (AvgIpc) is 2.39. The first kappa shape index (κ1) is 13.4. The number of nitrogens with one attached hydrogen (secondary N) is 1. The molecule has 0 unspecified atom stereocenters. The van der Waals surface area contributed by atoms with Gasteiger partial charge in [0.2, 0.25) is 0 Å². The van der Waals surface area contributed by atoms with Gasteiger partial charge in [0.15, 0.2) is 0 Å².